The number of hydrogen-bond donors (Lipinski definition) is 3. The van der Waals surface area contributed by atoms with E-state index in [1.165, 1.54) is 12.1 Å². The molecule has 0 radical (unpaired) electrons. The summed E-state index contributed by atoms with van der Waals surface area (Å²) in [6.07, 6.45) is 0.393. The van der Waals surface area contributed by atoms with E-state index in [9.17, 15) is 4.39 Å². The highest BCUT2D eigenvalue weighted by atomic mass is 127. The van der Waals surface area contributed by atoms with Crippen molar-refractivity contribution in [2.24, 2.45) is 0 Å². The molecular weight excluding hydrogens is 317 g/mol. The number of rotatable bonds is 3. The molecule has 1 unspecified atom stereocenters. The molecule has 0 aromatic heterocycles. The van der Waals surface area contributed by atoms with E-state index in [2.05, 4.69) is 27.1 Å². The molecule has 1 aromatic carbocycles. The third kappa shape index (κ3) is 2.54. The van der Waals surface area contributed by atoms with Crippen molar-refractivity contribution in [1.82, 2.24) is 0 Å². The highest BCUT2D eigenvalue weighted by molar-refractivity contribution is 14.2. The van der Waals surface area contributed by atoms with Gasteiger partial charge in [-0.15, -0.1) is 0 Å². The van der Waals surface area contributed by atoms with Gasteiger partial charge < -0.3 is 15.6 Å². The molecule has 0 amide bonds. The summed E-state index contributed by atoms with van der Waals surface area (Å²) in [6, 6.07) is 2.46. The Morgan fingerprint density at radius 3 is 2.79 bits per heavy atom. The number of aromatic hydroxyl groups is 1. The minimum atomic E-state index is -0.674. The molecule has 0 saturated heterocycles. The number of phenols is 1. The molecule has 0 aliphatic rings. The topological polar surface area (TPSA) is 56.1 Å². The predicted molar refractivity (Wildman–Crippen MR) is 66.5 cm³/mol. The maximum atomic E-state index is 13.0. The smallest absolute Gasteiger partial charge is 0.166 e. The molecule has 0 aliphatic carbocycles. The summed E-state index contributed by atoms with van der Waals surface area (Å²) in [6.45, 7) is 1.59. The predicted octanol–water partition coefficient (Wildman–Crippen LogP) is 3.27. The van der Waals surface area contributed by atoms with Gasteiger partial charge in [-0.1, -0.05) is 0 Å². The van der Waals surface area contributed by atoms with Gasteiger partial charge in [0.25, 0.3) is 0 Å². The Hall–Kier alpha value is -0.420. The SMILES string of the molecule is CC(=N)c1cc(O)c(F)cc1NPI. The molecule has 0 spiro atoms. The van der Waals surface area contributed by atoms with Crippen LogP contribution in [0.15, 0.2) is 12.1 Å². The molecule has 0 aliphatic heterocycles. The van der Waals surface area contributed by atoms with Crippen molar-refractivity contribution in [3.05, 3.63) is 23.5 Å². The first-order valence-electron chi connectivity index (χ1n) is 3.76. The fourth-order valence-corrected chi connectivity index (χ4v) is 2.21. The average molecular weight is 326 g/mol. The number of nitrogens with one attached hydrogen (secondary N) is 2. The minimum absolute atomic E-state index is 0.289. The second-order valence-electron chi connectivity index (χ2n) is 2.69. The fourth-order valence-electron chi connectivity index (χ4n) is 1.03. The Bertz CT molecular complexity index is 373. The maximum absolute atomic E-state index is 13.0. The van der Waals surface area contributed by atoms with Gasteiger partial charge in [-0.3, -0.25) is 0 Å². The Morgan fingerprint density at radius 2 is 2.29 bits per heavy atom. The van der Waals surface area contributed by atoms with Gasteiger partial charge in [0.15, 0.2) is 11.6 Å². The number of anilines is 1. The van der Waals surface area contributed by atoms with Crippen molar-refractivity contribution in [1.29, 1.82) is 5.41 Å². The molecule has 3 N–H and O–H groups in total. The monoisotopic (exact) mass is 326 g/mol. The largest absolute Gasteiger partial charge is 0.505 e. The van der Waals surface area contributed by atoms with Crippen molar-refractivity contribution in [3.63, 3.8) is 0 Å². The summed E-state index contributed by atoms with van der Waals surface area (Å²) in [5, 5.41) is 19.5. The first kappa shape index (κ1) is 11.7. The molecule has 0 bridgehead atoms. The fraction of sp³-hybridized carbons (Fsp3) is 0.125. The highest BCUT2D eigenvalue weighted by Crippen LogP contribution is 2.31. The van der Waals surface area contributed by atoms with Gasteiger partial charge in [-0.2, -0.15) is 0 Å². The van der Waals surface area contributed by atoms with Crippen LogP contribution in [0.1, 0.15) is 12.5 Å². The van der Waals surface area contributed by atoms with E-state index in [4.69, 9.17) is 10.5 Å². The Morgan fingerprint density at radius 1 is 1.64 bits per heavy atom. The quantitative estimate of drug-likeness (QED) is 0.346. The molecule has 1 aromatic rings. The van der Waals surface area contributed by atoms with Crippen molar-refractivity contribution in [2.75, 3.05) is 5.09 Å². The van der Waals surface area contributed by atoms with Crippen LogP contribution in [0.2, 0.25) is 0 Å². The summed E-state index contributed by atoms with van der Waals surface area (Å²) in [7, 11) is 0. The van der Waals surface area contributed by atoms with Gasteiger partial charge in [-0.05, 0) is 35.0 Å². The van der Waals surface area contributed by atoms with Crippen molar-refractivity contribution in [2.45, 2.75) is 6.92 Å². The number of benzene rings is 1. The zero-order valence-corrected chi connectivity index (χ0v) is 10.5. The first-order chi connectivity index (χ1) is 6.56. The van der Waals surface area contributed by atoms with Crippen LogP contribution in [-0.4, -0.2) is 10.8 Å². The molecule has 6 heteroatoms. The Labute approximate surface area is 95.9 Å². The molecule has 76 valence electrons. The van der Waals surface area contributed by atoms with E-state index in [0.29, 0.717) is 17.6 Å². The lowest BCUT2D eigenvalue weighted by molar-refractivity contribution is 0.432. The normalized spacial score (nSPS) is 10.8. The summed E-state index contributed by atoms with van der Waals surface area (Å²) in [5.41, 5.74) is 1.35. The first-order valence-corrected chi connectivity index (χ1v) is 7.87. The van der Waals surface area contributed by atoms with Gasteiger partial charge in [0, 0.05) is 29.4 Å². The van der Waals surface area contributed by atoms with Gasteiger partial charge in [0.05, 0.1) is 0 Å². The van der Waals surface area contributed by atoms with Crippen LogP contribution < -0.4 is 5.09 Å². The average Bonchev–Trinajstić information content (AvgIpc) is 2.11. The lowest BCUT2D eigenvalue weighted by Crippen LogP contribution is -1.98. The van der Waals surface area contributed by atoms with E-state index in [1.54, 1.807) is 6.92 Å². The second-order valence-corrected chi connectivity index (χ2v) is 4.75. The Balaban J connectivity index is 3.24. The summed E-state index contributed by atoms with van der Waals surface area (Å²) in [5.74, 6) is -1.10. The van der Waals surface area contributed by atoms with Gasteiger partial charge in [0.2, 0.25) is 0 Å². The number of halogens is 2. The number of phenolic OH excluding ortho intramolecular Hbond substituents is 1. The number of hydrogen-bond acceptors (Lipinski definition) is 3. The van der Waals surface area contributed by atoms with Crippen LogP contribution in [-0.2, 0) is 0 Å². The zero-order chi connectivity index (χ0) is 10.7. The molecule has 0 heterocycles. The van der Waals surface area contributed by atoms with Crippen LogP contribution in [0.3, 0.4) is 0 Å². The Kier molecular flexibility index (Phi) is 4.07. The van der Waals surface area contributed by atoms with Crippen molar-refractivity contribution in [3.8, 4) is 5.75 Å². The summed E-state index contributed by atoms with van der Waals surface area (Å²) in [4.78, 5) is 0. The van der Waals surface area contributed by atoms with Gasteiger partial charge >= 0.3 is 0 Å². The molecule has 0 saturated carbocycles. The third-order valence-corrected chi connectivity index (χ3v) is 2.85. The van der Waals surface area contributed by atoms with E-state index >= 15 is 0 Å². The molecule has 0 fully saturated rings. The van der Waals surface area contributed by atoms with Crippen LogP contribution in [0.5, 0.6) is 5.75 Å². The maximum Gasteiger partial charge on any atom is 0.166 e. The van der Waals surface area contributed by atoms with Gasteiger partial charge in [0.1, 0.15) is 0 Å². The summed E-state index contributed by atoms with van der Waals surface area (Å²) < 4.78 is 13.0. The standard InChI is InChI=1S/C8H9FIN2OP/c1-4(11)5-2-8(13)6(9)3-7(5)12-14-10/h2-3,11-14H,1H3. The molecule has 1 rings (SSSR count). The lowest BCUT2D eigenvalue weighted by atomic mass is 10.1. The van der Waals surface area contributed by atoms with Crippen molar-refractivity contribution < 1.29 is 9.50 Å². The minimum Gasteiger partial charge on any atom is -0.505 e. The second kappa shape index (κ2) is 4.89. The van der Waals surface area contributed by atoms with Crippen LogP contribution in [0.4, 0.5) is 10.1 Å². The van der Waals surface area contributed by atoms with E-state index in [0.717, 1.165) is 0 Å². The summed E-state index contributed by atoms with van der Waals surface area (Å²) >= 11 is 2.11. The molecule has 1 atom stereocenters. The zero-order valence-electron chi connectivity index (χ0n) is 7.36. The van der Waals surface area contributed by atoms with Gasteiger partial charge in [-0.25, -0.2) is 4.39 Å². The highest BCUT2D eigenvalue weighted by Gasteiger charge is 2.09. The van der Waals surface area contributed by atoms with Crippen molar-refractivity contribution >= 4 is 39.8 Å². The van der Waals surface area contributed by atoms with Crippen LogP contribution >= 0.6 is 28.4 Å². The molecule has 14 heavy (non-hydrogen) atoms. The van der Waals surface area contributed by atoms with E-state index in [-0.39, 0.29) is 5.71 Å². The van der Waals surface area contributed by atoms with E-state index < -0.39 is 11.6 Å². The van der Waals surface area contributed by atoms with E-state index in [1.807, 2.05) is 0 Å². The lowest BCUT2D eigenvalue weighted by Gasteiger charge is -2.09. The van der Waals surface area contributed by atoms with Crippen LogP contribution in [0, 0.1) is 11.2 Å². The molecular formula is C8H9FIN2OP. The third-order valence-electron chi connectivity index (χ3n) is 1.67. The van der Waals surface area contributed by atoms with Crippen LogP contribution in [0.25, 0.3) is 0 Å². The molecule has 3 nitrogen and oxygen atoms in total.